The normalized spacial score (nSPS) is 10.3. The summed E-state index contributed by atoms with van der Waals surface area (Å²) in [5.41, 5.74) is 2.72. The molecule has 0 amide bonds. The van der Waals surface area contributed by atoms with E-state index in [0.29, 0.717) is 26.9 Å². The molecule has 17 heavy (non-hydrogen) atoms. The maximum Gasteiger partial charge on any atom is 0.152 e. The first-order valence-electron chi connectivity index (χ1n) is 4.99. The van der Waals surface area contributed by atoms with E-state index in [1.807, 2.05) is 6.92 Å². The second-order valence-corrected chi connectivity index (χ2v) is 4.48. The fraction of sp³-hybridized carbons (Fsp3) is 0.0769. The Balaban J connectivity index is 2.68. The largest absolute Gasteiger partial charge is 0.298 e. The number of halogens is 2. The van der Waals surface area contributed by atoms with E-state index in [4.69, 9.17) is 23.2 Å². The summed E-state index contributed by atoms with van der Waals surface area (Å²) < 4.78 is 0. The lowest BCUT2D eigenvalue weighted by molar-refractivity contribution is 0.112. The molecule has 0 N–H and O–H groups in total. The monoisotopic (exact) mass is 265 g/mol. The Morgan fingerprint density at radius 2 is 2.00 bits per heavy atom. The van der Waals surface area contributed by atoms with E-state index >= 15 is 0 Å². The second-order valence-electron chi connectivity index (χ2n) is 3.63. The van der Waals surface area contributed by atoms with Gasteiger partial charge in [-0.2, -0.15) is 0 Å². The Morgan fingerprint density at radius 3 is 2.65 bits per heavy atom. The van der Waals surface area contributed by atoms with Crippen molar-refractivity contribution in [3.8, 4) is 11.3 Å². The fourth-order valence-electron chi connectivity index (χ4n) is 1.61. The first-order valence-corrected chi connectivity index (χ1v) is 5.75. The van der Waals surface area contributed by atoms with Gasteiger partial charge in [0.2, 0.25) is 0 Å². The van der Waals surface area contributed by atoms with Gasteiger partial charge in [-0.3, -0.25) is 9.78 Å². The average Bonchev–Trinajstić information content (AvgIpc) is 2.29. The summed E-state index contributed by atoms with van der Waals surface area (Å²) in [5.74, 6) is 0. The molecule has 0 radical (unpaired) electrons. The highest BCUT2D eigenvalue weighted by Gasteiger charge is 2.11. The average molecular weight is 266 g/mol. The Labute approximate surface area is 109 Å². The molecule has 1 aromatic heterocycles. The summed E-state index contributed by atoms with van der Waals surface area (Å²) >= 11 is 11.9. The smallest absolute Gasteiger partial charge is 0.152 e. The maximum absolute atomic E-state index is 11.1. The molecule has 0 saturated heterocycles. The van der Waals surface area contributed by atoms with Gasteiger partial charge in [-0.05, 0) is 36.8 Å². The molecular formula is C13H9Cl2NO. The van der Waals surface area contributed by atoms with Crippen LogP contribution in [0, 0.1) is 6.92 Å². The molecule has 0 unspecified atom stereocenters. The lowest BCUT2D eigenvalue weighted by Crippen LogP contribution is -1.95. The minimum absolute atomic E-state index is 0.485. The summed E-state index contributed by atoms with van der Waals surface area (Å²) in [6.07, 6.45) is 2.45. The first-order chi connectivity index (χ1) is 8.13. The van der Waals surface area contributed by atoms with Gasteiger partial charge in [0.05, 0.1) is 10.7 Å². The number of aldehydes is 1. The van der Waals surface area contributed by atoms with Gasteiger partial charge in [0.1, 0.15) is 0 Å². The van der Waals surface area contributed by atoms with E-state index < -0.39 is 0 Å². The number of carbonyl (C=O) groups excluding carboxylic acids is 1. The Bertz CT molecular complexity index is 582. The lowest BCUT2D eigenvalue weighted by atomic mass is 10.0. The molecule has 0 atom stereocenters. The number of pyridine rings is 1. The van der Waals surface area contributed by atoms with Gasteiger partial charge in [-0.25, -0.2) is 0 Å². The van der Waals surface area contributed by atoms with Gasteiger partial charge in [-0.1, -0.05) is 23.2 Å². The molecular weight excluding hydrogens is 257 g/mol. The van der Waals surface area contributed by atoms with Crippen LogP contribution in [0.4, 0.5) is 0 Å². The third-order valence-electron chi connectivity index (χ3n) is 2.51. The summed E-state index contributed by atoms with van der Waals surface area (Å²) in [5, 5.41) is 1.04. The first kappa shape index (κ1) is 12.1. The van der Waals surface area contributed by atoms with Crippen LogP contribution in [0.2, 0.25) is 10.0 Å². The van der Waals surface area contributed by atoms with Crippen LogP contribution in [0.5, 0.6) is 0 Å². The van der Waals surface area contributed by atoms with Crippen molar-refractivity contribution in [2.75, 3.05) is 0 Å². The molecule has 2 aromatic rings. The van der Waals surface area contributed by atoms with E-state index in [0.717, 1.165) is 11.8 Å². The van der Waals surface area contributed by atoms with E-state index in [-0.39, 0.29) is 0 Å². The number of aromatic nitrogens is 1. The number of carbonyl (C=O) groups is 1. The van der Waals surface area contributed by atoms with Crippen molar-refractivity contribution in [3.63, 3.8) is 0 Å². The van der Waals surface area contributed by atoms with Crippen molar-refractivity contribution in [1.82, 2.24) is 4.98 Å². The Kier molecular flexibility index (Phi) is 3.46. The SMILES string of the molecule is Cc1ccnc(-c2ccc(Cl)cc2Cl)c1C=O. The highest BCUT2D eigenvalue weighted by molar-refractivity contribution is 6.36. The number of hydrogen-bond acceptors (Lipinski definition) is 2. The molecule has 86 valence electrons. The zero-order valence-electron chi connectivity index (χ0n) is 9.08. The fourth-order valence-corrected chi connectivity index (χ4v) is 2.11. The molecule has 4 heteroatoms. The maximum atomic E-state index is 11.1. The molecule has 1 aromatic carbocycles. The highest BCUT2D eigenvalue weighted by atomic mass is 35.5. The van der Waals surface area contributed by atoms with Gasteiger partial charge in [0.15, 0.2) is 6.29 Å². The van der Waals surface area contributed by atoms with Gasteiger partial charge < -0.3 is 0 Å². The Hall–Kier alpha value is -1.38. The van der Waals surface area contributed by atoms with Crippen LogP contribution < -0.4 is 0 Å². The molecule has 0 fully saturated rings. The number of aryl methyl sites for hydroxylation is 1. The van der Waals surface area contributed by atoms with Gasteiger partial charge in [0.25, 0.3) is 0 Å². The molecule has 0 aliphatic heterocycles. The third-order valence-corrected chi connectivity index (χ3v) is 3.06. The standard InChI is InChI=1S/C13H9Cl2NO/c1-8-4-5-16-13(11(8)7-17)10-3-2-9(14)6-12(10)15/h2-7H,1H3. The summed E-state index contributed by atoms with van der Waals surface area (Å²) in [7, 11) is 0. The van der Waals surface area contributed by atoms with E-state index in [2.05, 4.69) is 4.98 Å². The van der Waals surface area contributed by atoms with Crippen LogP contribution in [0.15, 0.2) is 30.5 Å². The highest BCUT2D eigenvalue weighted by Crippen LogP contribution is 2.31. The number of nitrogens with zero attached hydrogens (tertiary/aromatic N) is 1. The third kappa shape index (κ3) is 2.33. The van der Waals surface area contributed by atoms with Crippen LogP contribution in [0.3, 0.4) is 0 Å². The minimum Gasteiger partial charge on any atom is -0.298 e. The molecule has 2 nitrogen and oxygen atoms in total. The van der Waals surface area contributed by atoms with Crippen LogP contribution in [-0.2, 0) is 0 Å². The van der Waals surface area contributed by atoms with Crippen molar-refractivity contribution in [2.24, 2.45) is 0 Å². The van der Waals surface area contributed by atoms with Crippen molar-refractivity contribution in [1.29, 1.82) is 0 Å². The zero-order valence-corrected chi connectivity index (χ0v) is 10.6. The van der Waals surface area contributed by atoms with Crippen LogP contribution in [-0.4, -0.2) is 11.3 Å². The van der Waals surface area contributed by atoms with Gasteiger partial charge >= 0.3 is 0 Å². The Morgan fingerprint density at radius 1 is 1.24 bits per heavy atom. The van der Waals surface area contributed by atoms with Crippen molar-refractivity contribution in [2.45, 2.75) is 6.92 Å². The molecule has 0 bridgehead atoms. The molecule has 1 heterocycles. The summed E-state index contributed by atoms with van der Waals surface area (Å²) in [6.45, 7) is 1.86. The van der Waals surface area contributed by atoms with Crippen molar-refractivity contribution in [3.05, 3.63) is 51.6 Å². The van der Waals surface area contributed by atoms with E-state index in [1.165, 1.54) is 0 Å². The predicted octanol–water partition coefficient (Wildman–Crippen LogP) is 4.18. The number of rotatable bonds is 2. The van der Waals surface area contributed by atoms with Gasteiger partial charge in [0, 0.05) is 22.3 Å². The predicted molar refractivity (Wildman–Crippen MR) is 69.8 cm³/mol. The zero-order chi connectivity index (χ0) is 12.4. The number of hydrogen-bond donors (Lipinski definition) is 0. The van der Waals surface area contributed by atoms with Crippen molar-refractivity contribution < 1.29 is 4.79 Å². The topological polar surface area (TPSA) is 30.0 Å². The second kappa shape index (κ2) is 4.86. The van der Waals surface area contributed by atoms with E-state index in [9.17, 15) is 4.79 Å². The van der Waals surface area contributed by atoms with Crippen LogP contribution >= 0.6 is 23.2 Å². The quantitative estimate of drug-likeness (QED) is 0.763. The lowest BCUT2D eigenvalue weighted by Gasteiger charge is -2.08. The van der Waals surface area contributed by atoms with Gasteiger partial charge in [-0.15, -0.1) is 0 Å². The van der Waals surface area contributed by atoms with Crippen LogP contribution in [0.25, 0.3) is 11.3 Å². The van der Waals surface area contributed by atoms with Crippen LogP contribution in [0.1, 0.15) is 15.9 Å². The minimum atomic E-state index is 0.485. The van der Waals surface area contributed by atoms with E-state index in [1.54, 1.807) is 30.5 Å². The summed E-state index contributed by atoms with van der Waals surface area (Å²) in [6, 6.07) is 6.91. The molecule has 0 spiro atoms. The van der Waals surface area contributed by atoms with Crippen molar-refractivity contribution >= 4 is 29.5 Å². The molecule has 0 aliphatic rings. The molecule has 0 aliphatic carbocycles. The summed E-state index contributed by atoms with van der Waals surface area (Å²) in [4.78, 5) is 15.3. The molecule has 2 rings (SSSR count). The number of benzene rings is 1. The molecule has 0 saturated carbocycles.